The lowest BCUT2D eigenvalue weighted by molar-refractivity contribution is 0.585. The minimum absolute atomic E-state index is 0.542. The number of hydrogen-bond donors (Lipinski definition) is 1. The molecule has 2 N–H and O–H groups in total. The number of para-hydroxylation sites is 2. The zero-order valence-corrected chi connectivity index (χ0v) is 22.4. The number of benzene rings is 2. The molecule has 2 rings (SSSR count). The van der Waals surface area contributed by atoms with Gasteiger partial charge in [-0.15, -0.1) is 0 Å². The van der Waals surface area contributed by atoms with Crippen molar-refractivity contribution in [2.24, 2.45) is 5.73 Å². The fourth-order valence-corrected chi connectivity index (χ4v) is 4.50. The van der Waals surface area contributed by atoms with Crippen LogP contribution in [0.5, 0.6) is 0 Å². The summed E-state index contributed by atoms with van der Waals surface area (Å²) in [6.45, 7) is 21.9. The number of anilines is 2. The topological polar surface area (TPSA) is 32.5 Å². The van der Waals surface area contributed by atoms with E-state index >= 15 is 0 Å². The zero-order chi connectivity index (χ0) is 27.3. The molecule has 0 amide bonds. The quantitative estimate of drug-likeness (QED) is 0.168. The van der Waals surface area contributed by atoms with Crippen LogP contribution in [0, 0.1) is 0 Å². The summed E-state index contributed by atoms with van der Waals surface area (Å²) >= 11 is 0. The van der Waals surface area contributed by atoms with Gasteiger partial charge in [-0.05, 0) is 69.3 Å². The fourth-order valence-electron chi connectivity index (χ4n) is 4.50. The largest absolute Gasteiger partial charge is 0.344 e. The van der Waals surface area contributed by atoms with Gasteiger partial charge in [-0.2, -0.15) is 0 Å². The Labute approximate surface area is 224 Å². The first-order valence-corrected chi connectivity index (χ1v) is 12.3. The first-order chi connectivity index (χ1) is 17.7. The molecule has 1 unspecified atom stereocenters. The van der Waals surface area contributed by atoms with E-state index in [-0.39, 0.29) is 0 Å². The molecule has 0 bridgehead atoms. The SMILES string of the molecule is C=C/C=C\C(=C/C=C)N(c1ccccc1)C(C)(C)[B]C(C)(N)N(C(/C=C\C=C)=C/C=C)c1ccccc1. The Kier molecular flexibility index (Phi) is 11.0. The third-order valence-electron chi connectivity index (χ3n) is 5.63. The summed E-state index contributed by atoms with van der Waals surface area (Å²) in [5, 5.41) is 0. The van der Waals surface area contributed by atoms with Crippen LogP contribution in [0.15, 0.2) is 159 Å². The Morgan fingerprint density at radius 2 is 1.08 bits per heavy atom. The summed E-state index contributed by atoms with van der Waals surface area (Å²) in [4.78, 5) is 4.36. The van der Waals surface area contributed by atoms with Crippen LogP contribution < -0.4 is 15.5 Å². The first-order valence-electron chi connectivity index (χ1n) is 12.3. The molecule has 0 saturated carbocycles. The number of rotatable bonds is 14. The van der Waals surface area contributed by atoms with Gasteiger partial charge in [-0.3, -0.25) is 0 Å². The molecule has 0 heterocycles. The summed E-state index contributed by atoms with van der Waals surface area (Å²) in [7, 11) is 2.16. The second-order valence-corrected chi connectivity index (χ2v) is 9.21. The average Bonchev–Trinajstić information content (AvgIpc) is 2.86. The number of nitrogens with zero attached hydrogens (tertiary/aromatic N) is 2. The second-order valence-electron chi connectivity index (χ2n) is 9.21. The predicted molar refractivity (Wildman–Crippen MR) is 166 cm³/mol. The van der Waals surface area contributed by atoms with Gasteiger partial charge in [0.1, 0.15) is 0 Å². The van der Waals surface area contributed by atoms with Crippen molar-refractivity contribution in [3.8, 4) is 0 Å². The van der Waals surface area contributed by atoms with Crippen LogP contribution in [0.25, 0.3) is 0 Å². The maximum absolute atomic E-state index is 7.21. The predicted octanol–water partition coefficient (Wildman–Crippen LogP) is 7.70. The lowest BCUT2D eigenvalue weighted by Crippen LogP contribution is -2.66. The molecule has 189 valence electrons. The summed E-state index contributed by atoms with van der Waals surface area (Å²) in [5.74, 6) is 0. The molecule has 2 aromatic carbocycles. The summed E-state index contributed by atoms with van der Waals surface area (Å²) < 4.78 is 0. The molecule has 0 spiro atoms. The molecule has 0 aromatic heterocycles. The van der Waals surface area contributed by atoms with Gasteiger partial charge in [0.25, 0.3) is 0 Å². The zero-order valence-electron chi connectivity index (χ0n) is 22.4. The minimum atomic E-state index is -0.917. The van der Waals surface area contributed by atoms with Gasteiger partial charge >= 0.3 is 0 Å². The van der Waals surface area contributed by atoms with Gasteiger partial charge in [0.05, 0.1) is 5.56 Å². The van der Waals surface area contributed by atoms with Crippen molar-refractivity contribution in [3.05, 3.63) is 159 Å². The van der Waals surface area contributed by atoms with Gasteiger partial charge in [-0.25, -0.2) is 0 Å². The van der Waals surface area contributed by atoms with E-state index in [9.17, 15) is 0 Å². The highest BCUT2D eigenvalue weighted by atomic mass is 15.3. The third kappa shape index (κ3) is 7.99. The van der Waals surface area contributed by atoms with Crippen LogP contribution in [0.1, 0.15) is 20.8 Å². The third-order valence-corrected chi connectivity index (χ3v) is 5.63. The minimum Gasteiger partial charge on any atom is -0.344 e. The molecular weight excluding hydrogens is 449 g/mol. The molecular formula is C33H39BN3. The van der Waals surface area contributed by atoms with E-state index < -0.39 is 11.0 Å². The van der Waals surface area contributed by atoms with Gasteiger partial charge in [0.2, 0.25) is 0 Å². The lowest BCUT2D eigenvalue weighted by Gasteiger charge is -2.49. The standard InChI is InChI=1S/C33H39BN3/c1-8-12-22-28(20-10-3)36(30-24-16-14-17-25-30)32(5,6)34-33(7,35)37(31-26-18-15-19-27-31)29(21-11-4)23-13-9-2/h8-27H,1-4,35H2,5-7H3/b22-12-,23-13-,28-20+,29-21+. The fraction of sp³-hybridized carbons (Fsp3) is 0.152. The molecule has 4 heteroatoms. The van der Waals surface area contributed by atoms with Crippen molar-refractivity contribution in [3.63, 3.8) is 0 Å². The summed E-state index contributed by atoms with van der Waals surface area (Å²) in [5.41, 5.74) is 9.58. The highest BCUT2D eigenvalue weighted by Crippen LogP contribution is 2.34. The van der Waals surface area contributed by atoms with E-state index in [1.54, 1.807) is 24.3 Å². The van der Waals surface area contributed by atoms with E-state index in [1.165, 1.54) is 0 Å². The molecule has 2 aromatic rings. The Balaban J connectivity index is 2.69. The molecule has 37 heavy (non-hydrogen) atoms. The Bertz CT molecular complexity index is 1080. The van der Waals surface area contributed by atoms with Crippen LogP contribution in [-0.2, 0) is 0 Å². The van der Waals surface area contributed by atoms with Crippen molar-refractivity contribution in [2.45, 2.75) is 31.8 Å². The molecule has 1 atom stereocenters. The van der Waals surface area contributed by atoms with Crippen molar-refractivity contribution < 1.29 is 0 Å². The highest BCUT2D eigenvalue weighted by molar-refractivity contribution is 6.46. The van der Waals surface area contributed by atoms with Crippen LogP contribution in [0.2, 0.25) is 0 Å². The lowest BCUT2D eigenvalue weighted by atomic mass is 9.49. The van der Waals surface area contributed by atoms with Crippen LogP contribution in [-0.4, -0.2) is 18.3 Å². The molecule has 1 radical (unpaired) electrons. The van der Waals surface area contributed by atoms with Crippen LogP contribution >= 0.6 is 0 Å². The van der Waals surface area contributed by atoms with E-state index in [1.807, 2.05) is 79.8 Å². The monoisotopic (exact) mass is 488 g/mol. The van der Waals surface area contributed by atoms with Crippen molar-refractivity contribution in [1.82, 2.24) is 0 Å². The van der Waals surface area contributed by atoms with Gasteiger partial charge < -0.3 is 15.5 Å². The molecule has 0 fully saturated rings. The van der Waals surface area contributed by atoms with Crippen molar-refractivity contribution in [2.75, 3.05) is 9.80 Å². The van der Waals surface area contributed by atoms with Gasteiger partial charge in [0.15, 0.2) is 7.28 Å². The summed E-state index contributed by atoms with van der Waals surface area (Å²) in [6, 6.07) is 20.4. The Morgan fingerprint density at radius 1 is 0.676 bits per heavy atom. The molecule has 3 nitrogen and oxygen atoms in total. The molecule has 0 saturated heterocycles. The number of hydrogen-bond acceptors (Lipinski definition) is 3. The van der Waals surface area contributed by atoms with Crippen LogP contribution in [0.3, 0.4) is 0 Å². The van der Waals surface area contributed by atoms with E-state index in [0.29, 0.717) is 0 Å². The Morgan fingerprint density at radius 3 is 1.49 bits per heavy atom. The summed E-state index contributed by atoms with van der Waals surface area (Å²) in [6.07, 6.45) is 18.8. The smallest absolute Gasteiger partial charge is 0.198 e. The maximum atomic E-state index is 7.21. The van der Waals surface area contributed by atoms with E-state index in [0.717, 1.165) is 22.8 Å². The number of nitrogens with two attached hydrogens (primary N) is 1. The normalized spacial score (nSPS) is 14.2. The van der Waals surface area contributed by atoms with Crippen molar-refractivity contribution in [1.29, 1.82) is 0 Å². The average molecular weight is 489 g/mol. The van der Waals surface area contributed by atoms with E-state index in [4.69, 9.17) is 5.73 Å². The maximum Gasteiger partial charge on any atom is 0.198 e. The van der Waals surface area contributed by atoms with Gasteiger partial charge in [0, 0.05) is 28.2 Å². The van der Waals surface area contributed by atoms with Crippen LogP contribution in [0.4, 0.5) is 11.4 Å². The molecule has 0 aliphatic rings. The molecule has 0 aliphatic heterocycles. The number of allylic oxidation sites excluding steroid dienone is 10. The van der Waals surface area contributed by atoms with Gasteiger partial charge in [-0.1, -0.05) is 99.2 Å². The Hall–Kier alpha value is -4.02. The molecule has 0 aliphatic carbocycles. The van der Waals surface area contributed by atoms with Crippen molar-refractivity contribution >= 4 is 18.7 Å². The highest BCUT2D eigenvalue weighted by Gasteiger charge is 2.41. The van der Waals surface area contributed by atoms with E-state index in [2.05, 4.69) is 81.5 Å². The second kappa shape index (κ2) is 13.9. The first kappa shape index (κ1) is 29.2.